The summed E-state index contributed by atoms with van der Waals surface area (Å²) in [7, 11) is 0. The van der Waals surface area contributed by atoms with E-state index in [0.717, 1.165) is 17.7 Å². The van der Waals surface area contributed by atoms with Crippen LogP contribution in [0.4, 0.5) is 4.79 Å². The van der Waals surface area contributed by atoms with Crippen LogP contribution in [-0.2, 0) is 15.1 Å². The van der Waals surface area contributed by atoms with Crippen molar-refractivity contribution in [3.8, 4) is 0 Å². The van der Waals surface area contributed by atoms with E-state index in [2.05, 4.69) is 5.32 Å². The van der Waals surface area contributed by atoms with E-state index < -0.39 is 17.5 Å². The first kappa shape index (κ1) is 19.9. The Morgan fingerprint density at radius 1 is 1.12 bits per heavy atom. The Morgan fingerprint density at radius 3 is 2.15 bits per heavy atom. The number of imide groups is 1. The fourth-order valence-electron chi connectivity index (χ4n) is 3.34. The first-order chi connectivity index (χ1) is 12.3. The molecule has 142 valence electrons. The Morgan fingerprint density at radius 2 is 1.65 bits per heavy atom. The van der Waals surface area contributed by atoms with Crippen LogP contribution in [-0.4, -0.2) is 46.3 Å². The summed E-state index contributed by atoms with van der Waals surface area (Å²) in [5, 5.41) is 2.74. The number of nitrogens with one attached hydrogen (secondary N) is 1. The summed E-state index contributed by atoms with van der Waals surface area (Å²) in [5.41, 5.74) is -0.440. The first-order valence-corrected chi connectivity index (χ1v) is 9.27. The normalized spacial score (nSPS) is 22.1. The number of carbonyl (C=O) groups is 3. The van der Waals surface area contributed by atoms with Crippen LogP contribution in [0.5, 0.6) is 0 Å². The molecule has 1 saturated heterocycles. The average molecular weight is 359 g/mol. The Hall–Kier alpha value is -2.37. The molecule has 0 saturated carbocycles. The minimum atomic E-state index is -1.14. The van der Waals surface area contributed by atoms with Crippen LogP contribution < -0.4 is 5.32 Å². The first-order valence-electron chi connectivity index (χ1n) is 9.27. The van der Waals surface area contributed by atoms with Crippen molar-refractivity contribution in [2.24, 2.45) is 0 Å². The molecule has 0 spiro atoms. The van der Waals surface area contributed by atoms with Gasteiger partial charge in [-0.3, -0.25) is 14.5 Å². The molecule has 1 N–H and O–H groups in total. The maximum absolute atomic E-state index is 12.9. The molecule has 1 aromatic carbocycles. The monoisotopic (exact) mass is 359 g/mol. The van der Waals surface area contributed by atoms with Crippen molar-refractivity contribution in [2.45, 2.75) is 65.1 Å². The Bertz CT molecular complexity index is 666. The number of nitrogens with zero attached hydrogens (tertiary/aromatic N) is 2. The standard InChI is InChI=1S/C20H29N3O3/c1-6-14(3)23(15(4)7-2)17(24)13-22-18(25)20(5,21-19(22)26)16-11-9-8-10-12-16/h8-12,14-15H,6-7,13H2,1-5H3,(H,21,26)/t14-,15-,20+/m0/s1. The van der Waals surface area contributed by atoms with E-state index in [0.29, 0.717) is 5.56 Å². The van der Waals surface area contributed by atoms with Gasteiger partial charge >= 0.3 is 6.03 Å². The van der Waals surface area contributed by atoms with E-state index in [1.165, 1.54) is 0 Å². The van der Waals surface area contributed by atoms with Crippen LogP contribution in [0.25, 0.3) is 0 Å². The van der Waals surface area contributed by atoms with Crippen molar-refractivity contribution in [1.82, 2.24) is 15.1 Å². The summed E-state index contributed by atoms with van der Waals surface area (Å²) < 4.78 is 0. The quantitative estimate of drug-likeness (QED) is 0.761. The summed E-state index contributed by atoms with van der Waals surface area (Å²) in [6, 6.07) is 8.68. The molecule has 1 heterocycles. The van der Waals surface area contributed by atoms with Gasteiger partial charge in [0.05, 0.1) is 0 Å². The lowest BCUT2D eigenvalue weighted by atomic mass is 9.92. The second-order valence-corrected chi connectivity index (χ2v) is 7.13. The maximum atomic E-state index is 12.9. The Kier molecular flexibility index (Phi) is 6.05. The van der Waals surface area contributed by atoms with Crippen LogP contribution in [0.2, 0.25) is 0 Å². The number of urea groups is 1. The third kappa shape index (κ3) is 3.59. The highest BCUT2D eigenvalue weighted by Crippen LogP contribution is 2.28. The maximum Gasteiger partial charge on any atom is 0.325 e. The summed E-state index contributed by atoms with van der Waals surface area (Å²) in [6.07, 6.45) is 1.63. The lowest BCUT2D eigenvalue weighted by molar-refractivity contribution is -0.141. The molecule has 3 atom stereocenters. The van der Waals surface area contributed by atoms with Gasteiger partial charge in [-0.15, -0.1) is 0 Å². The lowest BCUT2D eigenvalue weighted by Crippen LogP contribution is -2.50. The van der Waals surface area contributed by atoms with Crippen LogP contribution in [0.1, 0.15) is 53.0 Å². The van der Waals surface area contributed by atoms with E-state index in [4.69, 9.17) is 0 Å². The predicted molar refractivity (Wildman–Crippen MR) is 100 cm³/mol. The number of benzene rings is 1. The summed E-state index contributed by atoms with van der Waals surface area (Å²) >= 11 is 0. The van der Waals surface area contributed by atoms with E-state index in [-0.39, 0.29) is 24.5 Å². The van der Waals surface area contributed by atoms with Gasteiger partial charge in [0.25, 0.3) is 5.91 Å². The lowest BCUT2D eigenvalue weighted by Gasteiger charge is -2.35. The zero-order chi connectivity index (χ0) is 19.5. The summed E-state index contributed by atoms with van der Waals surface area (Å²) in [4.78, 5) is 41.1. The van der Waals surface area contributed by atoms with E-state index in [1.54, 1.807) is 24.0 Å². The van der Waals surface area contributed by atoms with E-state index in [9.17, 15) is 14.4 Å². The van der Waals surface area contributed by atoms with Crippen LogP contribution in [0.15, 0.2) is 30.3 Å². The second-order valence-electron chi connectivity index (χ2n) is 7.13. The third-order valence-corrected chi connectivity index (χ3v) is 5.34. The van der Waals surface area contributed by atoms with Crippen molar-refractivity contribution in [1.29, 1.82) is 0 Å². The Labute approximate surface area is 155 Å². The van der Waals surface area contributed by atoms with E-state index in [1.807, 2.05) is 45.9 Å². The largest absolute Gasteiger partial charge is 0.336 e. The smallest absolute Gasteiger partial charge is 0.325 e. The van der Waals surface area contributed by atoms with Gasteiger partial charge in [0, 0.05) is 12.1 Å². The molecule has 1 aliphatic heterocycles. The van der Waals surface area contributed by atoms with Crippen molar-refractivity contribution in [2.75, 3.05) is 6.54 Å². The second kappa shape index (κ2) is 7.89. The van der Waals surface area contributed by atoms with Gasteiger partial charge in [0.15, 0.2) is 0 Å². The SMILES string of the molecule is CC[C@H](C)N(C(=O)CN1C(=O)N[C@](C)(c2ccccc2)C1=O)[C@@H](C)CC. The van der Waals surface area contributed by atoms with Crippen molar-refractivity contribution >= 4 is 17.8 Å². The molecule has 2 rings (SSSR count). The molecule has 0 aromatic heterocycles. The molecular formula is C20H29N3O3. The highest BCUT2D eigenvalue weighted by atomic mass is 16.2. The molecule has 26 heavy (non-hydrogen) atoms. The van der Waals surface area contributed by atoms with Crippen LogP contribution in [0.3, 0.4) is 0 Å². The predicted octanol–water partition coefficient (Wildman–Crippen LogP) is 2.88. The van der Waals surface area contributed by atoms with Crippen molar-refractivity contribution < 1.29 is 14.4 Å². The van der Waals surface area contributed by atoms with E-state index >= 15 is 0 Å². The van der Waals surface area contributed by atoms with Gasteiger partial charge in [0.1, 0.15) is 12.1 Å². The van der Waals surface area contributed by atoms with Gasteiger partial charge in [-0.05, 0) is 39.2 Å². The van der Waals surface area contributed by atoms with Crippen LogP contribution >= 0.6 is 0 Å². The summed E-state index contributed by atoms with van der Waals surface area (Å²) in [5.74, 6) is -0.593. The molecule has 4 amide bonds. The Balaban J connectivity index is 2.22. The van der Waals surface area contributed by atoms with Gasteiger partial charge in [-0.2, -0.15) is 0 Å². The molecule has 0 unspecified atom stereocenters. The number of rotatable bonds is 7. The number of hydrogen-bond acceptors (Lipinski definition) is 3. The number of amides is 4. The van der Waals surface area contributed by atoms with Gasteiger partial charge in [0.2, 0.25) is 5.91 Å². The zero-order valence-corrected chi connectivity index (χ0v) is 16.3. The van der Waals surface area contributed by atoms with Gasteiger partial charge < -0.3 is 10.2 Å². The molecule has 1 aromatic rings. The average Bonchev–Trinajstić information content (AvgIpc) is 2.86. The number of carbonyl (C=O) groups excluding carboxylic acids is 3. The fraction of sp³-hybridized carbons (Fsp3) is 0.550. The molecule has 1 fully saturated rings. The molecule has 6 nitrogen and oxygen atoms in total. The zero-order valence-electron chi connectivity index (χ0n) is 16.3. The highest BCUT2D eigenvalue weighted by Gasteiger charge is 2.49. The topological polar surface area (TPSA) is 69.7 Å². The fourth-order valence-corrected chi connectivity index (χ4v) is 3.34. The van der Waals surface area contributed by atoms with Gasteiger partial charge in [-0.25, -0.2) is 4.79 Å². The van der Waals surface area contributed by atoms with Crippen LogP contribution in [0, 0.1) is 0 Å². The highest BCUT2D eigenvalue weighted by molar-refractivity contribution is 6.09. The van der Waals surface area contributed by atoms with Gasteiger partial charge in [-0.1, -0.05) is 44.2 Å². The summed E-state index contributed by atoms with van der Waals surface area (Å²) in [6.45, 7) is 9.46. The van der Waals surface area contributed by atoms with Crippen molar-refractivity contribution in [3.05, 3.63) is 35.9 Å². The molecular weight excluding hydrogens is 330 g/mol. The molecule has 0 radical (unpaired) electrons. The molecule has 6 heteroatoms. The van der Waals surface area contributed by atoms with Crippen molar-refractivity contribution in [3.63, 3.8) is 0 Å². The minimum absolute atomic E-state index is 0.0544. The molecule has 1 aliphatic rings. The number of hydrogen-bond donors (Lipinski definition) is 1. The minimum Gasteiger partial charge on any atom is -0.336 e. The molecule has 0 bridgehead atoms. The third-order valence-electron chi connectivity index (χ3n) is 5.34. The molecule has 0 aliphatic carbocycles.